The molecule has 0 spiro atoms. The molecule has 1 fully saturated rings. The molecule has 1 aliphatic rings. The Hall–Kier alpha value is -0.570. The number of rotatable bonds is 9. The Morgan fingerprint density at radius 3 is 2.52 bits per heavy atom. The predicted molar refractivity (Wildman–Crippen MR) is 96.9 cm³/mol. The molecule has 1 aromatic rings. The van der Waals surface area contributed by atoms with Gasteiger partial charge in [0.2, 0.25) is 0 Å². The van der Waals surface area contributed by atoms with E-state index in [-0.39, 0.29) is 12.8 Å². The van der Waals surface area contributed by atoms with Crippen LogP contribution in [0.3, 0.4) is 0 Å². The summed E-state index contributed by atoms with van der Waals surface area (Å²) in [4.78, 5) is 61.3. The zero-order valence-electron chi connectivity index (χ0n) is 14.5. The molecule has 5 N–H and O–H groups in total. The van der Waals surface area contributed by atoms with Gasteiger partial charge < -0.3 is 33.6 Å². The molecule has 166 valence electrons. The molecular weight excluding hydrogens is 481 g/mol. The summed E-state index contributed by atoms with van der Waals surface area (Å²) in [5, 5.41) is 0. The number of methoxy groups -OCH3 is 1. The van der Waals surface area contributed by atoms with Crippen LogP contribution in [0.2, 0.25) is 0 Å². The first-order valence-electron chi connectivity index (χ1n) is 7.49. The highest BCUT2D eigenvalue weighted by molar-refractivity contribution is 8.08. The number of nitrogens with one attached hydrogen (secondary N) is 1. The molecule has 4 unspecified atom stereocenters. The van der Waals surface area contributed by atoms with Crippen LogP contribution in [0.15, 0.2) is 21.9 Å². The van der Waals surface area contributed by atoms with E-state index in [0.29, 0.717) is 0 Å². The molecule has 1 saturated heterocycles. The van der Waals surface area contributed by atoms with Crippen molar-refractivity contribution < 1.29 is 51.3 Å². The monoisotopic (exact) mass is 498 g/mol. The SMILES string of the molecule is COC1(COP(O)(=S)OP(=O)(O)OP(=O)(O)O)CCC(n2ccc(=O)[nH]c2=O)O1. The highest BCUT2D eigenvalue weighted by atomic mass is 32.5. The fourth-order valence-corrected chi connectivity index (χ4v) is 6.33. The molecule has 0 saturated carbocycles. The fourth-order valence-electron chi connectivity index (χ4n) is 2.36. The maximum atomic E-state index is 11.9. The minimum absolute atomic E-state index is 0.116. The Labute approximate surface area is 167 Å². The first-order valence-corrected chi connectivity index (χ1v) is 13.1. The standard InChI is InChI=1S/C10H17N2O13P3S/c1-21-10(4-2-8(23-10)12-5-3-7(13)11-9(12)14)6-22-28(20,29)25-27(18,19)24-26(15,16)17/h3,5,8H,2,4,6H2,1H3,(H,18,19)(H,20,29)(H,11,13,14)(H2,15,16,17). The van der Waals surface area contributed by atoms with Crippen LogP contribution in [0.25, 0.3) is 0 Å². The van der Waals surface area contributed by atoms with Crippen LogP contribution in [0.4, 0.5) is 0 Å². The number of phosphoric acid groups is 2. The number of nitrogens with zero attached hydrogens (tertiary/aromatic N) is 1. The largest absolute Gasteiger partial charge is 0.488 e. The molecule has 1 aromatic heterocycles. The molecule has 19 heteroatoms. The lowest BCUT2D eigenvalue weighted by atomic mass is 10.2. The molecule has 4 atom stereocenters. The van der Waals surface area contributed by atoms with Crippen molar-refractivity contribution in [3.63, 3.8) is 0 Å². The Kier molecular flexibility index (Phi) is 7.57. The quantitative estimate of drug-likeness (QED) is 0.275. The highest BCUT2D eigenvalue weighted by Crippen LogP contribution is 2.66. The van der Waals surface area contributed by atoms with Crippen molar-refractivity contribution in [3.8, 4) is 0 Å². The van der Waals surface area contributed by atoms with E-state index in [9.17, 15) is 28.5 Å². The van der Waals surface area contributed by atoms with Crippen molar-refractivity contribution in [2.24, 2.45) is 0 Å². The van der Waals surface area contributed by atoms with Gasteiger partial charge in [0.05, 0.1) is 0 Å². The molecule has 15 nitrogen and oxygen atoms in total. The van der Waals surface area contributed by atoms with Gasteiger partial charge in [-0.25, -0.2) is 18.2 Å². The van der Waals surface area contributed by atoms with E-state index in [1.807, 2.05) is 0 Å². The third-order valence-electron chi connectivity index (χ3n) is 3.52. The number of aromatic amines is 1. The van der Waals surface area contributed by atoms with Crippen LogP contribution < -0.4 is 11.2 Å². The zero-order chi connectivity index (χ0) is 22.1. The summed E-state index contributed by atoms with van der Waals surface area (Å²) in [5.41, 5.74) is -1.34. The Balaban J connectivity index is 2.07. The van der Waals surface area contributed by atoms with Crippen LogP contribution in [-0.4, -0.2) is 48.6 Å². The van der Waals surface area contributed by atoms with Crippen molar-refractivity contribution >= 4 is 34.2 Å². The van der Waals surface area contributed by atoms with E-state index >= 15 is 0 Å². The molecular formula is C10H17N2O13P3S. The summed E-state index contributed by atoms with van der Waals surface area (Å²) >= 11 is 4.52. The van der Waals surface area contributed by atoms with E-state index in [1.165, 1.54) is 13.3 Å². The van der Waals surface area contributed by atoms with E-state index in [4.69, 9.17) is 23.8 Å². The van der Waals surface area contributed by atoms with Crippen molar-refractivity contribution in [2.45, 2.75) is 24.9 Å². The summed E-state index contributed by atoms with van der Waals surface area (Å²) in [6.45, 7) is -5.18. The molecule has 0 aromatic carbocycles. The topological polar surface area (TPSA) is 216 Å². The minimum atomic E-state index is -5.45. The van der Waals surface area contributed by atoms with Crippen molar-refractivity contribution in [3.05, 3.63) is 33.1 Å². The first-order chi connectivity index (χ1) is 13.2. The summed E-state index contributed by atoms with van der Waals surface area (Å²) in [5.74, 6) is -1.56. The molecule has 1 aliphatic heterocycles. The molecule has 0 bridgehead atoms. The Morgan fingerprint density at radius 1 is 1.31 bits per heavy atom. The second-order valence-corrected chi connectivity index (χ2v) is 11.4. The van der Waals surface area contributed by atoms with Crippen LogP contribution in [0.5, 0.6) is 0 Å². The lowest BCUT2D eigenvalue weighted by molar-refractivity contribution is -0.239. The third-order valence-corrected chi connectivity index (χ3v) is 8.22. The van der Waals surface area contributed by atoms with E-state index < -0.39 is 52.2 Å². The molecule has 0 aliphatic carbocycles. The van der Waals surface area contributed by atoms with Crippen LogP contribution in [0.1, 0.15) is 19.1 Å². The van der Waals surface area contributed by atoms with Gasteiger partial charge in [-0.2, -0.15) is 4.31 Å². The smallest absolute Gasteiger partial charge is 0.351 e. The van der Waals surface area contributed by atoms with E-state index in [1.54, 1.807) is 0 Å². The van der Waals surface area contributed by atoms with Gasteiger partial charge in [-0.15, -0.1) is 0 Å². The normalized spacial score (nSPS) is 26.7. The number of hydrogen-bond acceptors (Lipinski definition) is 10. The average Bonchev–Trinajstić information content (AvgIpc) is 2.94. The van der Waals surface area contributed by atoms with Gasteiger partial charge in [-0.3, -0.25) is 14.3 Å². The fraction of sp³-hybridized carbons (Fsp3) is 0.600. The summed E-state index contributed by atoms with van der Waals surface area (Å²) < 4.78 is 46.6. The lowest BCUT2D eigenvalue weighted by Gasteiger charge is -2.29. The molecule has 2 rings (SSSR count). The van der Waals surface area contributed by atoms with Gasteiger partial charge in [0.1, 0.15) is 12.8 Å². The molecule has 2 heterocycles. The van der Waals surface area contributed by atoms with Crippen LogP contribution in [-0.2, 0) is 43.6 Å². The van der Waals surface area contributed by atoms with E-state index in [0.717, 1.165) is 10.6 Å². The summed E-state index contributed by atoms with van der Waals surface area (Å²) in [7, 11) is -9.66. The Bertz CT molecular complexity index is 1000. The Morgan fingerprint density at radius 2 is 1.97 bits per heavy atom. The van der Waals surface area contributed by atoms with Gasteiger partial charge in [-0.1, -0.05) is 0 Å². The molecule has 0 radical (unpaired) electrons. The van der Waals surface area contributed by atoms with Crippen molar-refractivity contribution in [1.82, 2.24) is 9.55 Å². The summed E-state index contributed by atoms with van der Waals surface area (Å²) in [6.07, 6.45) is 0.671. The van der Waals surface area contributed by atoms with Crippen LogP contribution in [0, 0.1) is 0 Å². The van der Waals surface area contributed by atoms with Crippen molar-refractivity contribution in [1.29, 1.82) is 0 Å². The number of aromatic nitrogens is 2. The van der Waals surface area contributed by atoms with Gasteiger partial charge in [0.15, 0.2) is 5.79 Å². The first kappa shape index (κ1) is 24.7. The second kappa shape index (κ2) is 8.89. The maximum absolute atomic E-state index is 11.9. The summed E-state index contributed by atoms with van der Waals surface area (Å²) in [6, 6.07) is 1.11. The van der Waals surface area contributed by atoms with Crippen molar-refractivity contribution in [2.75, 3.05) is 13.7 Å². The number of ether oxygens (including phenoxy) is 2. The number of H-pyrrole nitrogens is 1. The molecule has 0 amide bonds. The van der Waals surface area contributed by atoms with Gasteiger partial charge >= 0.3 is 28.1 Å². The lowest BCUT2D eigenvalue weighted by Crippen LogP contribution is -2.38. The number of hydrogen-bond donors (Lipinski definition) is 5. The van der Waals surface area contributed by atoms with E-state index in [2.05, 4.69) is 25.4 Å². The second-order valence-electron chi connectivity index (χ2n) is 5.61. The van der Waals surface area contributed by atoms with Crippen LogP contribution >= 0.6 is 22.4 Å². The average molecular weight is 498 g/mol. The van der Waals surface area contributed by atoms with Gasteiger partial charge in [0, 0.05) is 25.8 Å². The minimum Gasteiger partial charge on any atom is -0.351 e. The molecule has 29 heavy (non-hydrogen) atoms. The highest BCUT2D eigenvalue weighted by Gasteiger charge is 2.45. The van der Waals surface area contributed by atoms with Gasteiger partial charge in [-0.05, 0) is 18.2 Å². The maximum Gasteiger partial charge on any atom is 0.488 e. The predicted octanol–water partition coefficient (Wildman–Crippen LogP) is -0.352. The van der Waals surface area contributed by atoms with Gasteiger partial charge in [0.25, 0.3) is 5.56 Å². The third kappa shape index (κ3) is 7.26. The zero-order valence-corrected chi connectivity index (χ0v) is 18.0.